The van der Waals surface area contributed by atoms with E-state index in [0.717, 1.165) is 40.2 Å². The second kappa shape index (κ2) is 18.4. The van der Waals surface area contributed by atoms with Crippen molar-refractivity contribution in [2.45, 2.75) is 95.8 Å². The quantitative estimate of drug-likeness (QED) is 0.0797. The molecular formula is C41H56FN3O6Si. The minimum absolute atomic E-state index is 0.0208. The van der Waals surface area contributed by atoms with E-state index in [1.54, 1.807) is 22.9 Å². The van der Waals surface area contributed by atoms with E-state index >= 15 is 4.11 Å². The van der Waals surface area contributed by atoms with Crippen molar-refractivity contribution in [3.63, 3.8) is 0 Å². The van der Waals surface area contributed by atoms with Gasteiger partial charge in [0.2, 0.25) is 20.2 Å². The molecule has 0 aromatic heterocycles. The highest BCUT2D eigenvalue weighted by Crippen LogP contribution is 2.47. The number of carbonyl (C=O) groups is 2. The summed E-state index contributed by atoms with van der Waals surface area (Å²) in [5.41, 5.74) is 4.38. The number of carbonyl (C=O) groups excluding carboxylic acids is 2. The fourth-order valence-electron chi connectivity index (χ4n) is 7.94. The van der Waals surface area contributed by atoms with E-state index in [0.29, 0.717) is 45.4 Å². The lowest BCUT2D eigenvalue weighted by atomic mass is 9.94. The average Bonchev–Trinajstić information content (AvgIpc) is 3.44. The molecule has 2 heterocycles. The number of benzene rings is 3. The normalized spacial score (nSPS) is 21.6. The SMILES string of the molecule is CCOc1ccc2c(c1)CC(NCCCCO)C(=O)N2c1ccc(CC[C@@H]2O[C@H](CC(=O)N(CCO)Cc3ccccc3)[C@@H]([Si](C)(C)F)[C@@H]2C)cc1. The van der Waals surface area contributed by atoms with Gasteiger partial charge in [-0.15, -0.1) is 0 Å². The number of hydrogen-bond acceptors (Lipinski definition) is 7. The van der Waals surface area contributed by atoms with Gasteiger partial charge in [0.1, 0.15) is 5.75 Å². The number of fused-ring (bicyclic) bond motifs is 1. The molecule has 0 saturated carbocycles. The van der Waals surface area contributed by atoms with Gasteiger partial charge in [-0.1, -0.05) is 49.4 Å². The fraction of sp³-hybridized carbons (Fsp3) is 0.512. The van der Waals surface area contributed by atoms with E-state index in [1.807, 2.05) is 79.7 Å². The molecule has 11 heteroatoms. The number of aryl methyl sites for hydroxylation is 1. The Balaban J connectivity index is 1.27. The molecular weight excluding hydrogens is 678 g/mol. The van der Waals surface area contributed by atoms with Crippen LogP contribution in [-0.2, 0) is 33.7 Å². The zero-order chi connectivity index (χ0) is 37.3. The maximum Gasteiger partial charge on any atom is 0.249 e. The van der Waals surface area contributed by atoms with Crippen LogP contribution in [0.4, 0.5) is 15.5 Å². The Hall–Kier alpha value is -3.61. The first-order valence-electron chi connectivity index (χ1n) is 18.8. The number of anilines is 2. The smallest absolute Gasteiger partial charge is 0.249 e. The molecule has 5 atom stereocenters. The third-order valence-electron chi connectivity index (χ3n) is 10.4. The Morgan fingerprint density at radius 2 is 1.77 bits per heavy atom. The molecule has 9 nitrogen and oxygen atoms in total. The number of halogens is 1. The molecule has 1 unspecified atom stereocenters. The van der Waals surface area contributed by atoms with Crippen molar-refractivity contribution in [1.82, 2.24) is 10.2 Å². The number of nitrogens with one attached hydrogen (secondary N) is 1. The maximum atomic E-state index is 15.9. The number of ether oxygens (including phenoxy) is 2. The Bertz CT molecular complexity index is 1600. The van der Waals surface area contributed by atoms with Gasteiger partial charge in [-0.2, -0.15) is 0 Å². The zero-order valence-corrected chi connectivity index (χ0v) is 32.1. The number of aliphatic hydroxyl groups excluding tert-OH is 2. The first-order valence-corrected chi connectivity index (χ1v) is 21.8. The summed E-state index contributed by atoms with van der Waals surface area (Å²) in [5.74, 6) is 0.568. The second-order valence-electron chi connectivity index (χ2n) is 14.6. The number of rotatable bonds is 18. The topological polar surface area (TPSA) is 112 Å². The molecule has 2 aliphatic heterocycles. The highest BCUT2D eigenvalue weighted by molar-refractivity contribution is 6.72. The van der Waals surface area contributed by atoms with Crippen molar-refractivity contribution >= 4 is 31.6 Å². The van der Waals surface area contributed by atoms with Crippen LogP contribution < -0.4 is 15.0 Å². The molecule has 2 amide bonds. The highest BCUT2D eigenvalue weighted by Gasteiger charge is 2.51. The zero-order valence-electron chi connectivity index (χ0n) is 31.1. The van der Waals surface area contributed by atoms with Crippen LogP contribution in [0.15, 0.2) is 72.8 Å². The van der Waals surface area contributed by atoms with Crippen LogP contribution in [0, 0.1) is 5.92 Å². The summed E-state index contributed by atoms with van der Waals surface area (Å²) in [4.78, 5) is 30.8. The van der Waals surface area contributed by atoms with Gasteiger partial charge in [0.25, 0.3) is 0 Å². The van der Waals surface area contributed by atoms with E-state index in [4.69, 9.17) is 9.47 Å². The predicted molar refractivity (Wildman–Crippen MR) is 205 cm³/mol. The van der Waals surface area contributed by atoms with Crippen molar-refractivity contribution in [3.8, 4) is 5.75 Å². The number of amides is 2. The van der Waals surface area contributed by atoms with Gasteiger partial charge >= 0.3 is 0 Å². The summed E-state index contributed by atoms with van der Waals surface area (Å²) in [6.45, 7) is 9.18. The number of hydrogen-bond donors (Lipinski definition) is 3. The summed E-state index contributed by atoms with van der Waals surface area (Å²) in [5, 5.41) is 22.3. The summed E-state index contributed by atoms with van der Waals surface area (Å²) in [6, 6.07) is 23.2. The molecule has 1 saturated heterocycles. The van der Waals surface area contributed by atoms with Crippen molar-refractivity contribution in [2.24, 2.45) is 5.92 Å². The Morgan fingerprint density at radius 1 is 1.02 bits per heavy atom. The molecule has 3 N–H and O–H groups in total. The molecule has 0 aliphatic carbocycles. The molecule has 3 aromatic rings. The highest BCUT2D eigenvalue weighted by atomic mass is 28.4. The predicted octanol–water partition coefficient (Wildman–Crippen LogP) is 6.33. The molecule has 5 rings (SSSR count). The van der Waals surface area contributed by atoms with E-state index in [-0.39, 0.29) is 55.6 Å². The van der Waals surface area contributed by atoms with E-state index < -0.39 is 20.6 Å². The van der Waals surface area contributed by atoms with Crippen LogP contribution in [0.3, 0.4) is 0 Å². The van der Waals surface area contributed by atoms with Gasteiger partial charge in [-0.25, -0.2) is 0 Å². The molecule has 0 radical (unpaired) electrons. The van der Waals surface area contributed by atoms with Crippen LogP contribution in [0.25, 0.3) is 0 Å². The molecule has 0 bridgehead atoms. The van der Waals surface area contributed by atoms with Crippen LogP contribution in [0.2, 0.25) is 18.6 Å². The average molecular weight is 734 g/mol. The monoisotopic (exact) mass is 733 g/mol. The Labute approximate surface area is 309 Å². The number of aliphatic hydroxyl groups is 2. The standard InChI is InChI=1S/C41H56FN3O6Si/c1-5-50-34-18-19-36-32(25-34)26-35(43-21-9-10-23-46)41(49)45(36)33-16-13-30(14-17-33)15-20-37-29(2)40(52(3,4)42)38(51-37)27-39(48)44(22-24-47)28-31-11-7-6-8-12-31/h6-8,11-14,16-19,25,29,35,37-38,40,43,46-47H,5,9-10,15,20-24,26-28H2,1-4H3/t29-,35?,37+,38-,40+/m1/s1. The third kappa shape index (κ3) is 9.87. The number of unbranched alkanes of at least 4 members (excludes halogenated alkanes) is 1. The molecule has 3 aromatic carbocycles. The first-order chi connectivity index (χ1) is 25.0. The van der Waals surface area contributed by atoms with Gasteiger partial charge in [0.15, 0.2) is 0 Å². The lowest BCUT2D eigenvalue weighted by Crippen LogP contribution is -2.49. The van der Waals surface area contributed by atoms with Crippen molar-refractivity contribution < 1.29 is 33.4 Å². The summed E-state index contributed by atoms with van der Waals surface area (Å²) < 4.78 is 28.2. The van der Waals surface area contributed by atoms with Crippen LogP contribution in [0.1, 0.15) is 56.2 Å². The fourth-order valence-corrected chi connectivity index (χ4v) is 10.5. The molecule has 0 spiro atoms. The first kappa shape index (κ1) is 39.6. The Kier molecular flexibility index (Phi) is 14.0. The molecule has 1 fully saturated rings. The van der Waals surface area contributed by atoms with Crippen LogP contribution in [0.5, 0.6) is 5.75 Å². The lowest BCUT2D eigenvalue weighted by Gasteiger charge is -2.35. The third-order valence-corrected chi connectivity index (χ3v) is 12.9. The van der Waals surface area contributed by atoms with Gasteiger partial charge in [0, 0.05) is 30.9 Å². The summed E-state index contributed by atoms with van der Waals surface area (Å²) in [7, 11) is -3.19. The van der Waals surface area contributed by atoms with Gasteiger partial charge < -0.3 is 34.0 Å². The summed E-state index contributed by atoms with van der Waals surface area (Å²) >= 11 is 0. The van der Waals surface area contributed by atoms with Gasteiger partial charge in [-0.3, -0.25) is 14.5 Å². The van der Waals surface area contributed by atoms with Crippen molar-refractivity contribution in [3.05, 3.63) is 89.5 Å². The van der Waals surface area contributed by atoms with Crippen LogP contribution >= 0.6 is 0 Å². The van der Waals surface area contributed by atoms with Gasteiger partial charge in [-0.05, 0) is 112 Å². The largest absolute Gasteiger partial charge is 0.494 e. The van der Waals surface area contributed by atoms with Crippen molar-refractivity contribution in [1.29, 1.82) is 0 Å². The van der Waals surface area contributed by atoms with E-state index in [2.05, 4.69) is 12.2 Å². The maximum absolute atomic E-state index is 15.9. The van der Waals surface area contributed by atoms with Crippen LogP contribution in [-0.4, -0.2) is 86.5 Å². The number of nitrogens with zero attached hydrogens (tertiary/aromatic N) is 2. The lowest BCUT2D eigenvalue weighted by molar-refractivity contribution is -0.135. The van der Waals surface area contributed by atoms with E-state index in [9.17, 15) is 19.8 Å². The second-order valence-corrected chi connectivity index (χ2v) is 18.4. The van der Waals surface area contributed by atoms with Crippen molar-refractivity contribution in [2.75, 3.05) is 37.8 Å². The molecule has 2 aliphatic rings. The Morgan fingerprint density at radius 3 is 2.44 bits per heavy atom. The van der Waals surface area contributed by atoms with E-state index in [1.165, 1.54) is 0 Å². The summed E-state index contributed by atoms with van der Waals surface area (Å²) in [6.07, 6.45) is 2.78. The minimum atomic E-state index is -3.19. The van der Waals surface area contributed by atoms with Gasteiger partial charge in [0.05, 0.1) is 43.6 Å². The molecule has 52 heavy (non-hydrogen) atoms. The molecule has 282 valence electrons. The minimum Gasteiger partial charge on any atom is -0.494 e.